The van der Waals surface area contributed by atoms with Crippen LogP contribution < -0.4 is 0 Å². The van der Waals surface area contributed by atoms with Crippen molar-refractivity contribution in [2.24, 2.45) is 5.41 Å². The summed E-state index contributed by atoms with van der Waals surface area (Å²) >= 11 is 0. The van der Waals surface area contributed by atoms with E-state index in [0.717, 1.165) is 48.5 Å². The van der Waals surface area contributed by atoms with Gasteiger partial charge in [0.2, 0.25) is 5.91 Å². The summed E-state index contributed by atoms with van der Waals surface area (Å²) in [5.41, 5.74) is 3.79. The third kappa shape index (κ3) is 3.72. The molecule has 1 saturated carbocycles. The molecule has 1 unspecified atom stereocenters. The Labute approximate surface area is 201 Å². The van der Waals surface area contributed by atoms with Crippen LogP contribution in [0.4, 0.5) is 4.39 Å². The normalized spacial score (nSPS) is 26.2. The lowest BCUT2D eigenvalue weighted by Crippen LogP contribution is -2.39. The largest absolute Gasteiger partial charge is 0.307 e. The molecule has 1 aromatic carbocycles. The van der Waals surface area contributed by atoms with E-state index in [1.54, 1.807) is 12.3 Å². The van der Waals surface area contributed by atoms with Gasteiger partial charge in [0.15, 0.2) is 0 Å². The maximum Gasteiger partial charge on any atom is 0.239 e. The summed E-state index contributed by atoms with van der Waals surface area (Å²) in [4.78, 5) is 18.3. The van der Waals surface area contributed by atoms with Gasteiger partial charge in [-0.2, -0.15) is 5.10 Å². The predicted octanol–water partition coefficient (Wildman–Crippen LogP) is 5.54. The number of halogens is 1. The van der Waals surface area contributed by atoms with Crippen molar-refractivity contribution in [3.63, 3.8) is 0 Å². The van der Waals surface area contributed by atoms with Crippen molar-refractivity contribution in [3.05, 3.63) is 65.4 Å². The quantitative estimate of drug-likeness (QED) is 0.586. The van der Waals surface area contributed by atoms with E-state index in [4.69, 9.17) is 0 Å². The van der Waals surface area contributed by atoms with Gasteiger partial charge in [-0.1, -0.05) is 37.1 Å². The van der Waals surface area contributed by atoms with E-state index in [9.17, 15) is 4.79 Å². The third-order valence-electron chi connectivity index (χ3n) is 8.11. The number of nitrogens with zero attached hydrogens (tertiary/aromatic N) is 4. The Balaban J connectivity index is 1.41. The van der Waals surface area contributed by atoms with Crippen LogP contribution in [0.25, 0.3) is 11.1 Å². The van der Waals surface area contributed by atoms with Crippen LogP contribution in [-0.4, -0.2) is 44.6 Å². The van der Waals surface area contributed by atoms with Crippen LogP contribution in [0.5, 0.6) is 0 Å². The van der Waals surface area contributed by atoms with Crippen LogP contribution in [0.15, 0.2) is 54.0 Å². The van der Waals surface area contributed by atoms with Gasteiger partial charge < -0.3 is 4.90 Å². The van der Waals surface area contributed by atoms with Gasteiger partial charge in [0, 0.05) is 42.2 Å². The molecule has 3 fully saturated rings. The number of allylic oxidation sites excluding steroid dienone is 3. The number of aryl methyl sites for hydroxylation is 1. The lowest BCUT2D eigenvalue weighted by Gasteiger charge is -2.27. The fraction of sp³-hybridized carbons (Fsp3) is 0.500. The zero-order valence-corrected chi connectivity index (χ0v) is 20.6. The average molecular weight is 463 g/mol. The van der Waals surface area contributed by atoms with Crippen molar-refractivity contribution in [2.75, 3.05) is 13.1 Å². The third-order valence-corrected chi connectivity index (χ3v) is 8.11. The molecule has 0 bridgehead atoms. The monoisotopic (exact) mass is 462 g/mol. The number of carbonyl (C=O) groups is 1. The zero-order chi connectivity index (χ0) is 23.9. The molecule has 180 valence electrons. The Kier molecular flexibility index (Phi) is 6.19. The summed E-state index contributed by atoms with van der Waals surface area (Å²) in [6.07, 6.45) is 13.7. The van der Waals surface area contributed by atoms with Crippen LogP contribution >= 0.6 is 0 Å². The molecule has 5 nitrogen and oxygen atoms in total. The average Bonchev–Trinajstić information content (AvgIpc) is 3.64. The van der Waals surface area contributed by atoms with Crippen LogP contribution in [0.2, 0.25) is 0 Å². The van der Waals surface area contributed by atoms with Gasteiger partial charge in [0.25, 0.3) is 0 Å². The van der Waals surface area contributed by atoms with Gasteiger partial charge >= 0.3 is 0 Å². The fourth-order valence-electron chi connectivity index (χ4n) is 6.29. The molecule has 2 aliphatic heterocycles. The van der Waals surface area contributed by atoms with Crippen LogP contribution in [0, 0.1) is 11.2 Å². The minimum absolute atomic E-state index is 0.127. The van der Waals surface area contributed by atoms with Crippen molar-refractivity contribution in [3.8, 4) is 11.1 Å². The van der Waals surface area contributed by atoms with Crippen LogP contribution in [0.1, 0.15) is 58.4 Å². The first-order valence-corrected chi connectivity index (χ1v) is 12.7. The summed E-state index contributed by atoms with van der Waals surface area (Å²) in [5.74, 6) is -0.158. The molecule has 1 atom stereocenters. The van der Waals surface area contributed by atoms with Gasteiger partial charge in [-0.05, 0) is 63.8 Å². The molecular weight excluding hydrogens is 427 g/mol. The molecule has 1 aromatic heterocycles. The van der Waals surface area contributed by atoms with Crippen molar-refractivity contribution >= 4 is 5.91 Å². The van der Waals surface area contributed by atoms with Crippen molar-refractivity contribution in [1.29, 1.82) is 0 Å². The summed E-state index contributed by atoms with van der Waals surface area (Å²) in [7, 11) is 0. The van der Waals surface area contributed by atoms with E-state index in [1.807, 2.05) is 54.8 Å². The number of carbonyl (C=O) groups excluding carboxylic acids is 1. The molecule has 0 N–H and O–H groups in total. The van der Waals surface area contributed by atoms with E-state index >= 15 is 4.39 Å². The molecule has 3 aliphatic rings. The highest BCUT2D eigenvalue weighted by Crippen LogP contribution is 2.51. The van der Waals surface area contributed by atoms with Gasteiger partial charge in [-0.3, -0.25) is 14.4 Å². The first-order chi connectivity index (χ1) is 16.5. The highest BCUT2D eigenvalue weighted by atomic mass is 19.1. The number of amides is 1. The Morgan fingerprint density at radius 3 is 2.62 bits per heavy atom. The molecule has 0 radical (unpaired) electrons. The van der Waals surface area contributed by atoms with Gasteiger partial charge in [-0.25, -0.2) is 4.39 Å². The van der Waals surface area contributed by atoms with Gasteiger partial charge in [0.05, 0.1) is 18.2 Å². The topological polar surface area (TPSA) is 41.4 Å². The standard InChI is InChI=1S/C28H35FN4O/c1-4-24-26(5-2)33(27(34)28(24)13-14-31(19-28)23-9-7-8-10-23)18-21-12-11-20(15-25(21)29)22-16-30-32(6-3)17-22/h4-5,11-12,15-17,23H,6-10,13-14,18-19H2,1-3H3. The first-order valence-electron chi connectivity index (χ1n) is 12.7. The maximum atomic E-state index is 15.2. The molecule has 3 heterocycles. The van der Waals surface area contributed by atoms with E-state index in [2.05, 4.69) is 16.1 Å². The minimum atomic E-state index is -0.496. The van der Waals surface area contributed by atoms with Gasteiger partial charge in [-0.15, -0.1) is 0 Å². The number of hydrogen-bond acceptors (Lipinski definition) is 3. The number of likely N-dealkylation sites (tertiary alicyclic amines) is 2. The van der Waals surface area contributed by atoms with E-state index < -0.39 is 5.41 Å². The van der Waals surface area contributed by atoms with E-state index in [1.165, 1.54) is 25.7 Å². The Morgan fingerprint density at radius 1 is 1.18 bits per heavy atom. The molecule has 2 saturated heterocycles. The van der Waals surface area contributed by atoms with Crippen molar-refractivity contribution in [1.82, 2.24) is 19.6 Å². The second-order valence-corrected chi connectivity index (χ2v) is 9.90. The lowest BCUT2D eigenvalue weighted by atomic mass is 9.80. The van der Waals surface area contributed by atoms with E-state index in [0.29, 0.717) is 11.6 Å². The van der Waals surface area contributed by atoms with Crippen LogP contribution in [-0.2, 0) is 17.9 Å². The second-order valence-electron chi connectivity index (χ2n) is 9.90. The Hall–Kier alpha value is -2.73. The molecule has 34 heavy (non-hydrogen) atoms. The van der Waals surface area contributed by atoms with Gasteiger partial charge in [0.1, 0.15) is 5.82 Å². The van der Waals surface area contributed by atoms with Crippen molar-refractivity contribution in [2.45, 2.75) is 72.0 Å². The fourth-order valence-corrected chi connectivity index (χ4v) is 6.29. The number of aromatic nitrogens is 2. The summed E-state index contributed by atoms with van der Waals surface area (Å²) in [6.45, 7) is 8.81. The highest BCUT2D eigenvalue weighted by molar-refractivity contribution is 5.94. The summed E-state index contributed by atoms with van der Waals surface area (Å²) in [5, 5.41) is 4.29. The molecule has 1 spiro atoms. The Bertz CT molecular complexity index is 1140. The second kappa shape index (κ2) is 9.14. The lowest BCUT2D eigenvalue weighted by molar-refractivity contribution is -0.134. The number of rotatable bonds is 5. The summed E-state index contributed by atoms with van der Waals surface area (Å²) in [6, 6.07) is 5.91. The van der Waals surface area contributed by atoms with E-state index in [-0.39, 0.29) is 18.3 Å². The van der Waals surface area contributed by atoms with Crippen LogP contribution in [0.3, 0.4) is 0 Å². The van der Waals surface area contributed by atoms with Crippen molar-refractivity contribution < 1.29 is 9.18 Å². The molecule has 2 aromatic rings. The highest BCUT2D eigenvalue weighted by Gasteiger charge is 2.56. The molecular formula is C28H35FN4O. The minimum Gasteiger partial charge on any atom is -0.307 e. The molecule has 6 heteroatoms. The SMILES string of the molecule is CC=C1C(=CC)C2(CCN(C3CCCC3)C2)C(=O)N1Cc1ccc(-c2cnn(CC)c2)cc1F. The molecule has 1 aliphatic carbocycles. The summed E-state index contributed by atoms with van der Waals surface area (Å²) < 4.78 is 17.1. The smallest absolute Gasteiger partial charge is 0.239 e. The first kappa shape index (κ1) is 23.0. The zero-order valence-electron chi connectivity index (χ0n) is 20.6. The molecule has 5 rings (SSSR count). The maximum absolute atomic E-state index is 15.2. The Morgan fingerprint density at radius 2 is 1.97 bits per heavy atom. The number of hydrogen-bond donors (Lipinski definition) is 0. The predicted molar refractivity (Wildman–Crippen MR) is 132 cm³/mol. The molecule has 1 amide bonds. The number of benzene rings is 1.